The van der Waals surface area contributed by atoms with E-state index >= 15 is 0 Å². The topological polar surface area (TPSA) is 129 Å². The third kappa shape index (κ3) is 4.62. The van der Waals surface area contributed by atoms with Gasteiger partial charge in [-0.05, 0) is 17.7 Å². The third-order valence-corrected chi connectivity index (χ3v) is 5.87. The zero-order valence-corrected chi connectivity index (χ0v) is 18.0. The predicted molar refractivity (Wildman–Crippen MR) is 123 cm³/mol. The number of nitro benzene ring substituents is 2. The summed E-state index contributed by atoms with van der Waals surface area (Å²) in [4.78, 5) is 40.5. The number of nitrogens with zero attached hydrogens (tertiary/aromatic N) is 4. The lowest BCUT2D eigenvalue weighted by Crippen LogP contribution is -2.30. The summed E-state index contributed by atoms with van der Waals surface area (Å²) >= 11 is 1.26. The van der Waals surface area contributed by atoms with Crippen LogP contribution in [0.15, 0.2) is 66.7 Å². The number of hydrogen-bond donors (Lipinski definition) is 0. The maximum absolute atomic E-state index is 13.5. The van der Waals surface area contributed by atoms with Gasteiger partial charge in [-0.15, -0.1) is 0 Å². The van der Waals surface area contributed by atoms with E-state index in [2.05, 4.69) is 4.98 Å². The number of carbonyl (C=O) groups is 1. The van der Waals surface area contributed by atoms with E-state index in [9.17, 15) is 25.0 Å². The molecule has 0 aliphatic heterocycles. The normalized spacial score (nSPS) is 10.7. The molecule has 0 atom stereocenters. The lowest BCUT2D eigenvalue weighted by atomic mass is 10.1. The second-order valence-corrected chi connectivity index (χ2v) is 7.97. The quantitative estimate of drug-likeness (QED) is 0.279. The molecular formula is C22H16N4O6S. The molecular weight excluding hydrogens is 448 g/mol. The molecule has 1 amide bonds. The maximum atomic E-state index is 13.5. The number of non-ortho nitro benzene ring substituents is 2. The van der Waals surface area contributed by atoms with E-state index < -0.39 is 27.1 Å². The molecule has 4 aromatic rings. The molecule has 1 aromatic heterocycles. The Hall–Kier alpha value is -4.38. The van der Waals surface area contributed by atoms with Gasteiger partial charge in [0.2, 0.25) is 0 Å². The maximum Gasteiger partial charge on any atom is 0.277 e. The molecule has 0 radical (unpaired) electrons. The summed E-state index contributed by atoms with van der Waals surface area (Å²) in [7, 11) is 1.54. The van der Waals surface area contributed by atoms with Crippen molar-refractivity contribution in [2.75, 3.05) is 12.0 Å². The number of ether oxygens (including phenoxy) is 1. The smallest absolute Gasteiger partial charge is 0.277 e. The number of methoxy groups -OCH3 is 1. The lowest BCUT2D eigenvalue weighted by Gasteiger charge is -2.20. The van der Waals surface area contributed by atoms with Gasteiger partial charge in [0.1, 0.15) is 5.75 Å². The first-order valence-corrected chi connectivity index (χ1v) is 10.4. The van der Waals surface area contributed by atoms with Crippen LogP contribution in [0.3, 0.4) is 0 Å². The summed E-state index contributed by atoms with van der Waals surface area (Å²) in [6.45, 7) is 0.118. The summed E-state index contributed by atoms with van der Waals surface area (Å²) in [5, 5.41) is 22.9. The molecule has 10 nitrogen and oxygen atoms in total. The van der Waals surface area contributed by atoms with E-state index in [1.165, 1.54) is 23.3 Å². The molecule has 3 aromatic carbocycles. The number of fused-ring (bicyclic) bond motifs is 1. The fourth-order valence-electron chi connectivity index (χ4n) is 3.22. The minimum atomic E-state index is -0.769. The van der Waals surface area contributed by atoms with Gasteiger partial charge in [-0.1, -0.05) is 41.7 Å². The van der Waals surface area contributed by atoms with Crippen LogP contribution in [0.1, 0.15) is 15.9 Å². The third-order valence-electron chi connectivity index (χ3n) is 4.81. The molecule has 4 rings (SSSR count). The van der Waals surface area contributed by atoms with Gasteiger partial charge in [0, 0.05) is 18.2 Å². The Kier molecular flexibility index (Phi) is 5.96. The summed E-state index contributed by atoms with van der Waals surface area (Å²) in [5.74, 6) is -0.0359. The van der Waals surface area contributed by atoms with Crippen molar-refractivity contribution in [3.63, 3.8) is 0 Å². The summed E-state index contributed by atoms with van der Waals surface area (Å²) in [6, 6.07) is 17.3. The van der Waals surface area contributed by atoms with Crippen LogP contribution in [0.4, 0.5) is 16.5 Å². The molecule has 0 saturated carbocycles. The minimum absolute atomic E-state index is 0.118. The van der Waals surface area contributed by atoms with Crippen molar-refractivity contribution < 1.29 is 19.4 Å². The highest BCUT2D eigenvalue weighted by Gasteiger charge is 2.26. The second-order valence-electron chi connectivity index (χ2n) is 6.96. The van der Waals surface area contributed by atoms with Crippen molar-refractivity contribution in [3.8, 4) is 5.75 Å². The van der Waals surface area contributed by atoms with Gasteiger partial charge >= 0.3 is 0 Å². The van der Waals surface area contributed by atoms with Crippen LogP contribution in [0.2, 0.25) is 0 Å². The monoisotopic (exact) mass is 464 g/mol. The van der Waals surface area contributed by atoms with Crippen molar-refractivity contribution in [1.29, 1.82) is 0 Å². The lowest BCUT2D eigenvalue weighted by molar-refractivity contribution is -0.394. The van der Waals surface area contributed by atoms with Crippen molar-refractivity contribution in [1.82, 2.24) is 4.98 Å². The molecule has 0 unspecified atom stereocenters. The van der Waals surface area contributed by atoms with Gasteiger partial charge in [-0.25, -0.2) is 4.98 Å². The van der Waals surface area contributed by atoms with E-state index in [0.29, 0.717) is 16.4 Å². The number of benzene rings is 3. The van der Waals surface area contributed by atoms with Gasteiger partial charge in [0.15, 0.2) is 5.13 Å². The van der Waals surface area contributed by atoms with Gasteiger partial charge in [-0.3, -0.25) is 29.9 Å². The fraction of sp³-hybridized carbons (Fsp3) is 0.0909. The van der Waals surface area contributed by atoms with Crippen LogP contribution in [-0.4, -0.2) is 27.8 Å². The van der Waals surface area contributed by atoms with Crippen molar-refractivity contribution in [2.24, 2.45) is 0 Å². The van der Waals surface area contributed by atoms with Crippen LogP contribution in [-0.2, 0) is 6.54 Å². The Morgan fingerprint density at radius 2 is 1.67 bits per heavy atom. The summed E-state index contributed by atoms with van der Waals surface area (Å²) in [6.07, 6.45) is 0. The number of hydrogen-bond acceptors (Lipinski definition) is 8. The Balaban J connectivity index is 1.82. The zero-order valence-electron chi connectivity index (χ0n) is 17.2. The van der Waals surface area contributed by atoms with Crippen molar-refractivity contribution in [3.05, 3.63) is 98.1 Å². The molecule has 11 heteroatoms. The standard InChI is InChI=1S/C22H16N4O6S/c1-32-18-7-8-20-19(12-18)23-22(33-20)24(13-14-5-3-2-4-6-14)21(27)15-9-16(25(28)29)11-17(10-15)26(30)31/h2-12H,13H2,1H3. The zero-order chi connectivity index (χ0) is 23.5. The summed E-state index contributed by atoms with van der Waals surface area (Å²) < 4.78 is 6.04. The molecule has 0 spiro atoms. The molecule has 0 bridgehead atoms. The highest BCUT2D eigenvalue weighted by Crippen LogP contribution is 2.33. The Bertz CT molecular complexity index is 1340. The van der Waals surface area contributed by atoms with Crippen LogP contribution in [0, 0.1) is 20.2 Å². The van der Waals surface area contributed by atoms with E-state index in [1.807, 2.05) is 36.4 Å². The first kappa shape index (κ1) is 21.8. The first-order chi connectivity index (χ1) is 15.9. The van der Waals surface area contributed by atoms with Gasteiger partial charge in [0.25, 0.3) is 17.3 Å². The number of carbonyl (C=O) groups excluding carboxylic acids is 1. The second kappa shape index (κ2) is 9.01. The van der Waals surface area contributed by atoms with Crippen molar-refractivity contribution >= 4 is 44.0 Å². The number of aromatic nitrogens is 1. The molecule has 0 aliphatic carbocycles. The number of thiazole rings is 1. The predicted octanol–water partition coefficient (Wildman–Crippen LogP) is 4.97. The molecule has 0 N–H and O–H groups in total. The van der Waals surface area contributed by atoms with Crippen LogP contribution >= 0.6 is 11.3 Å². The average molecular weight is 464 g/mol. The highest BCUT2D eigenvalue weighted by molar-refractivity contribution is 7.22. The molecule has 166 valence electrons. The SMILES string of the molecule is COc1ccc2sc(N(Cc3ccccc3)C(=O)c3cc([N+](=O)[O-])cc([N+](=O)[O-])c3)nc2c1. The van der Waals surface area contributed by atoms with Crippen LogP contribution in [0.5, 0.6) is 5.75 Å². The fourth-order valence-corrected chi connectivity index (χ4v) is 4.16. The number of amides is 1. The first-order valence-electron chi connectivity index (χ1n) is 9.60. The Morgan fingerprint density at radius 3 is 2.27 bits per heavy atom. The molecule has 0 aliphatic rings. The van der Waals surface area contributed by atoms with Gasteiger partial charge in [0.05, 0.1) is 45.3 Å². The van der Waals surface area contributed by atoms with E-state index in [0.717, 1.165) is 28.5 Å². The number of nitro groups is 2. The molecule has 0 fully saturated rings. The van der Waals surface area contributed by atoms with E-state index in [1.54, 1.807) is 12.1 Å². The number of anilines is 1. The molecule has 1 heterocycles. The highest BCUT2D eigenvalue weighted by atomic mass is 32.1. The summed E-state index contributed by atoms with van der Waals surface area (Å²) in [5.41, 5.74) is 0.152. The van der Waals surface area contributed by atoms with E-state index in [-0.39, 0.29) is 12.1 Å². The molecule has 33 heavy (non-hydrogen) atoms. The minimum Gasteiger partial charge on any atom is -0.497 e. The molecule has 0 saturated heterocycles. The average Bonchev–Trinajstić information content (AvgIpc) is 3.25. The number of rotatable bonds is 7. The Labute approximate surface area is 191 Å². The van der Waals surface area contributed by atoms with Crippen LogP contribution < -0.4 is 9.64 Å². The van der Waals surface area contributed by atoms with Gasteiger partial charge in [-0.2, -0.15) is 0 Å². The van der Waals surface area contributed by atoms with Crippen LogP contribution in [0.25, 0.3) is 10.2 Å². The van der Waals surface area contributed by atoms with Crippen molar-refractivity contribution in [2.45, 2.75) is 6.54 Å². The van der Waals surface area contributed by atoms with E-state index in [4.69, 9.17) is 4.74 Å². The largest absolute Gasteiger partial charge is 0.497 e. The van der Waals surface area contributed by atoms with Gasteiger partial charge < -0.3 is 4.74 Å². The Morgan fingerprint density at radius 1 is 1.00 bits per heavy atom.